The number of amides is 2. The van der Waals surface area contributed by atoms with Crippen LogP contribution < -0.4 is 10.6 Å². The van der Waals surface area contributed by atoms with Gasteiger partial charge in [-0.05, 0) is 25.7 Å². The molecule has 0 aliphatic carbocycles. The van der Waals surface area contributed by atoms with Gasteiger partial charge in [0.2, 0.25) is 0 Å². The number of carboxylic acid groups (broad SMARTS) is 1. The van der Waals surface area contributed by atoms with Gasteiger partial charge in [-0.15, -0.1) is 11.3 Å². The number of urea groups is 1. The summed E-state index contributed by atoms with van der Waals surface area (Å²) in [5, 5.41) is 17.2. The first kappa shape index (κ1) is 17.4. The third-order valence-electron chi connectivity index (χ3n) is 3.06. The van der Waals surface area contributed by atoms with Crippen LogP contribution in [0, 0.1) is 12.8 Å². The zero-order valence-corrected chi connectivity index (χ0v) is 13.3. The van der Waals surface area contributed by atoms with Gasteiger partial charge in [-0.25, -0.2) is 9.78 Å². The van der Waals surface area contributed by atoms with Crippen LogP contribution in [0.5, 0.6) is 0 Å². The van der Waals surface area contributed by atoms with Crippen molar-refractivity contribution in [1.29, 1.82) is 0 Å². The van der Waals surface area contributed by atoms with E-state index in [-0.39, 0.29) is 12.5 Å². The number of hydrogen-bond acceptors (Lipinski definition) is 4. The maximum Gasteiger partial charge on any atom is 0.314 e. The lowest BCUT2D eigenvalue weighted by Crippen LogP contribution is -2.37. The summed E-state index contributed by atoms with van der Waals surface area (Å²) < 4.78 is 0. The molecule has 21 heavy (non-hydrogen) atoms. The highest BCUT2D eigenvalue weighted by molar-refractivity contribution is 7.09. The van der Waals surface area contributed by atoms with E-state index >= 15 is 0 Å². The van der Waals surface area contributed by atoms with E-state index in [1.165, 1.54) is 0 Å². The second-order valence-corrected chi connectivity index (χ2v) is 6.08. The molecule has 1 aromatic rings. The number of carbonyl (C=O) groups is 2. The van der Waals surface area contributed by atoms with Gasteiger partial charge < -0.3 is 15.7 Å². The average Bonchev–Trinajstić information content (AvgIpc) is 2.82. The summed E-state index contributed by atoms with van der Waals surface area (Å²) in [7, 11) is 0. The standard InChI is InChI=1S/C14H23N3O3S/c1-10(3-4-13(18)19)5-7-15-14(20)16-8-6-12-17-11(2)9-21-12/h9-10H,3-8H2,1-2H3,(H,18,19)(H2,15,16,20). The van der Waals surface area contributed by atoms with Crippen molar-refractivity contribution in [2.24, 2.45) is 5.92 Å². The number of aliphatic carboxylic acids is 1. The van der Waals surface area contributed by atoms with Gasteiger partial charge in [0.05, 0.1) is 5.01 Å². The van der Waals surface area contributed by atoms with Crippen molar-refractivity contribution in [1.82, 2.24) is 15.6 Å². The topological polar surface area (TPSA) is 91.3 Å². The van der Waals surface area contributed by atoms with Crippen molar-refractivity contribution in [3.05, 3.63) is 16.1 Å². The van der Waals surface area contributed by atoms with Crippen molar-refractivity contribution in [2.45, 2.75) is 39.5 Å². The Morgan fingerprint density at radius 2 is 2.05 bits per heavy atom. The van der Waals surface area contributed by atoms with E-state index in [4.69, 9.17) is 5.11 Å². The Labute approximate surface area is 129 Å². The minimum atomic E-state index is -0.773. The zero-order valence-electron chi connectivity index (χ0n) is 12.5. The molecule has 0 aliphatic rings. The Hall–Kier alpha value is -1.63. The number of rotatable bonds is 9. The number of aromatic nitrogens is 1. The van der Waals surface area contributed by atoms with Gasteiger partial charge in [-0.3, -0.25) is 4.79 Å². The van der Waals surface area contributed by atoms with E-state index in [1.807, 2.05) is 19.2 Å². The summed E-state index contributed by atoms with van der Waals surface area (Å²) >= 11 is 1.60. The molecular formula is C14H23N3O3S. The van der Waals surface area contributed by atoms with Crippen molar-refractivity contribution in [2.75, 3.05) is 13.1 Å². The van der Waals surface area contributed by atoms with Crippen LogP contribution in [0.4, 0.5) is 4.79 Å². The Bertz CT molecular complexity index is 462. The molecule has 0 saturated heterocycles. The van der Waals surface area contributed by atoms with E-state index in [9.17, 15) is 9.59 Å². The second kappa shape index (κ2) is 9.33. The normalized spacial score (nSPS) is 11.9. The van der Waals surface area contributed by atoms with E-state index in [0.717, 1.165) is 23.5 Å². The van der Waals surface area contributed by atoms with E-state index < -0.39 is 5.97 Å². The summed E-state index contributed by atoms with van der Waals surface area (Å²) in [4.78, 5) is 26.3. The third kappa shape index (κ3) is 8.29. The van der Waals surface area contributed by atoms with Crippen LogP contribution in [-0.4, -0.2) is 35.2 Å². The summed E-state index contributed by atoms with van der Waals surface area (Å²) in [6.45, 7) is 5.06. The largest absolute Gasteiger partial charge is 0.481 e. The molecule has 0 aromatic carbocycles. The molecule has 0 fully saturated rings. The molecule has 1 atom stereocenters. The third-order valence-corrected chi connectivity index (χ3v) is 4.09. The maximum atomic E-state index is 11.6. The monoisotopic (exact) mass is 313 g/mol. The number of carboxylic acids is 1. The van der Waals surface area contributed by atoms with Gasteiger partial charge in [0.1, 0.15) is 0 Å². The summed E-state index contributed by atoms with van der Waals surface area (Å²) in [5.74, 6) is -0.482. The molecule has 0 bridgehead atoms. The number of carbonyl (C=O) groups excluding carboxylic acids is 1. The molecule has 1 unspecified atom stereocenters. The first-order chi connectivity index (χ1) is 9.97. The summed E-state index contributed by atoms with van der Waals surface area (Å²) in [6, 6.07) is -0.186. The van der Waals surface area contributed by atoms with Crippen molar-refractivity contribution in [3.8, 4) is 0 Å². The molecule has 1 heterocycles. The molecule has 0 radical (unpaired) electrons. The molecule has 7 heteroatoms. The summed E-state index contributed by atoms with van der Waals surface area (Å²) in [5.41, 5.74) is 1.01. The number of aryl methyl sites for hydroxylation is 1. The molecular weight excluding hydrogens is 290 g/mol. The SMILES string of the molecule is Cc1csc(CCNC(=O)NCCC(C)CCC(=O)O)n1. The molecule has 3 N–H and O–H groups in total. The highest BCUT2D eigenvalue weighted by atomic mass is 32.1. The number of nitrogens with zero attached hydrogens (tertiary/aromatic N) is 1. The fraction of sp³-hybridized carbons (Fsp3) is 0.643. The number of hydrogen-bond donors (Lipinski definition) is 3. The number of nitrogens with one attached hydrogen (secondary N) is 2. The van der Waals surface area contributed by atoms with Gasteiger partial charge in [0.25, 0.3) is 0 Å². The molecule has 1 rings (SSSR count). The Morgan fingerprint density at radius 1 is 1.33 bits per heavy atom. The second-order valence-electron chi connectivity index (χ2n) is 5.14. The van der Waals surface area contributed by atoms with Gasteiger partial charge in [-0.1, -0.05) is 6.92 Å². The molecule has 6 nitrogen and oxygen atoms in total. The highest BCUT2D eigenvalue weighted by Gasteiger charge is 2.06. The van der Waals surface area contributed by atoms with E-state index in [2.05, 4.69) is 15.6 Å². The predicted molar refractivity (Wildman–Crippen MR) is 82.6 cm³/mol. The van der Waals surface area contributed by atoms with Gasteiger partial charge in [0, 0.05) is 37.0 Å². The quantitative estimate of drug-likeness (QED) is 0.651. The van der Waals surface area contributed by atoms with Gasteiger partial charge in [0.15, 0.2) is 0 Å². The molecule has 0 saturated carbocycles. The number of thiazole rings is 1. The van der Waals surface area contributed by atoms with E-state index in [0.29, 0.717) is 25.4 Å². The highest BCUT2D eigenvalue weighted by Crippen LogP contribution is 2.09. The average molecular weight is 313 g/mol. The minimum Gasteiger partial charge on any atom is -0.481 e. The van der Waals surface area contributed by atoms with Crippen LogP contribution in [0.3, 0.4) is 0 Å². The van der Waals surface area contributed by atoms with Crippen LogP contribution >= 0.6 is 11.3 Å². The lowest BCUT2D eigenvalue weighted by atomic mass is 10.0. The fourth-order valence-electron chi connectivity index (χ4n) is 1.81. The van der Waals surface area contributed by atoms with Crippen LogP contribution in [0.1, 0.15) is 36.9 Å². The molecule has 0 spiro atoms. The predicted octanol–water partition coefficient (Wildman–Crippen LogP) is 2.18. The Kier molecular flexibility index (Phi) is 7.74. The lowest BCUT2D eigenvalue weighted by molar-refractivity contribution is -0.137. The van der Waals surface area contributed by atoms with Crippen molar-refractivity contribution < 1.29 is 14.7 Å². The minimum absolute atomic E-state index is 0.181. The molecule has 118 valence electrons. The first-order valence-electron chi connectivity index (χ1n) is 7.12. The lowest BCUT2D eigenvalue weighted by Gasteiger charge is -2.11. The van der Waals surface area contributed by atoms with Gasteiger partial charge in [-0.2, -0.15) is 0 Å². The smallest absolute Gasteiger partial charge is 0.314 e. The first-order valence-corrected chi connectivity index (χ1v) is 8.00. The van der Waals surface area contributed by atoms with Gasteiger partial charge >= 0.3 is 12.0 Å². The molecule has 1 aromatic heterocycles. The van der Waals surface area contributed by atoms with Crippen molar-refractivity contribution >= 4 is 23.3 Å². The fourth-order valence-corrected chi connectivity index (χ4v) is 2.59. The van der Waals surface area contributed by atoms with Crippen molar-refractivity contribution in [3.63, 3.8) is 0 Å². The maximum absolute atomic E-state index is 11.6. The van der Waals surface area contributed by atoms with Crippen LogP contribution in [0.25, 0.3) is 0 Å². The Morgan fingerprint density at radius 3 is 2.67 bits per heavy atom. The molecule has 0 aliphatic heterocycles. The van der Waals surface area contributed by atoms with Crippen LogP contribution in [-0.2, 0) is 11.2 Å². The van der Waals surface area contributed by atoms with E-state index in [1.54, 1.807) is 11.3 Å². The van der Waals surface area contributed by atoms with Crippen LogP contribution in [0.2, 0.25) is 0 Å². The Balaban J connectivity index is 2.04. The zero-order chi connectivity index (χ0) is 15.7. The summed E-state index contributed by atoms with van der Waals surface area (Å²) in [6.07, 6.45) is 2.34. The van der Waals surface area contributed by atoms with Crippen LogP contribution in [0.15, 0.2) is 5.38 Å². The molecule has 2 amide bonds.